The highest BCUT2D eigenvalue weighted by Gasteiger charge is 2.05. The van der Waals surface area contributed by atoms with Crippen LogP contribution in [0, 0.1) is 0 Å². The van der Waals surface area contributed by atoms with Crippen LogP contribution in [0.15, 0.2) is 65.8 Å². The predicted molar refractivity (Wildman–Crippen MR) is 90.6 cm³/mol. The molecule has 118 valence electrons. The Labute approximate surface area is 135 Å². The highest BCUT2D eigenvalue weighted by atomic mass is 16.5. The Morgan fingerprint density at radius 3 is 2.52 bits per heavy atom. The Morgan fingerprint density at radius 1 is 1.09 bits per heavy atom. The molecule has 0 saturated heterocycles. The molecule has 0 bridgehead atoms. The lowest BCUT2D eigenvalue weighted by Gasteiger charge is -2.08. The van der Waals surface area contributed by atoms with Gasteiger partial charge >= 0.3 is 0 Å². The molecule has 0 atom stereocenters. The number of allylic oxidation sites excluding steroid dienone is 1. The number of methoxy groups -OCH3 is 1. The van der Waals surface area contributed by atoms with Gasteiger partial charge in [0.15, 0.2) is 18.1 Å². The van der Waals surface area contributed by atoms with E-state index in [4.69, 9.17) is 9.47 Å². The molecule has 2 aromatic rings. The van der Waals surface area contributed by atoms with Crippen LogP contribution in [0.2, 0.25) is 0 Å². The molecular weight excluding hydrogens is 292 g/mol. The smallest absolute Gasteiger partial charge is 0.277 e. The van der Waals surface area contributed by atoms with E-state index in [2.05, 4.69) is 10.5 Å². The summed E-state index contributed by atoms with van der Waals surface area (Å²) in [5, 5.41) is 3.82. The standard InChI is InChI=1S/C18H18N2O3/c1-22-16-11-5-6-12-17(16)23-14-18(21)20-19-13-7-10-15-8-3-2-4-9-15/h2-13H,14H2,1H3,(H,20,21)/b10-7+,19-13-. The molecule has 1 N–H and O–H groups in total. The number of hydrogen-bond donors (Lipinski definition) is 1. The molecule has 2 rings (SSSR count). The molecule has 0 heterocycles. The Hall–Kier alpha value is -3.08. The van der Waals surface area contributed by atoms with Gasteiger partial charge in [-0.3, -0.25) is 4.79 Å². The van der Waals surface area contributed by atoms with Crippen molar-refractivity contribution in [3.8, 4) is 11.5 Å². The second-order valence-corrected chi connectivity index (χ2v) is 4.52. The molecule has 1 amide bonds. The third-order valence-corrected chi connectivity index (χ3v) is 2.87. The Bertz CT molecular complexity index is 682. The highest BCUT2D eigenvalue weighted by Crippen LogP contribution is 2.25. The van der Waals surface area contributed by atoms with Crippen molar-refractivity contribution < 1.29 is 14.3 Å². The molecule has 0 aromatic heterocycles. The zero-order valence-electron chi connectivity index (χ0n) is 12.8. The summed E-state index contributed by atoms with van der Waals surface area (Å²) in [4.78, 5) is 11.6. The maximum absolute atomic E-state index is 11.6. The number of amides is 1. The van der Waals surface area contributed by atoms with Crippen molar-refractivity contribution in [3.63, 3.8) is 0 Å². The van der Waals surface area contributed by atoms with Crippen LogP contribution in [-0.4, -0.2) is 25.8 Å². The van der Waals surface area contributed by atoms with Gasteiger partial charge in [-0.05, 0) is 23.8 Å². The summed E-state index contributed by atoms with van der Waals surface area (Å²) in [6.07, 6.45) is 5.14. The van der Waals surface area contributed by atoms with Crippen molar-refractivity contribution in [1.82, 2.24) is 5.43 Å². The van der Waals surface area contributed by atoms with E-state index in [-0.39, 0.29) is 12.5 Å². The van der Waals surface area contributed by atoms with E-state index in [1.807, 2.05) is 48.5 Å². The van der Waals surface area contributed by atoms with Gasteiger partial charge in [-0.1, -0.05) is 48.5 Å². The van der Waals surface area contributed by atoms with Crippen molar-refractivity contribution in [2.75, 3.05) is 13.7 Å². The minimum absolute atomic E-state index is 0.139. The number of hydrazone groups is 1. The number of hydrogen-bond acceptors (Lipinski definition) is 4. The molecule has 0 aliphatic heterocycles. The summed E-state index contributed by atoms with van der Waals surface area (Å²) in [5.41, 5.74) is 3.45. The minimum Gasteiger partial charge on any atom is -0.493 e. The van der Waals surface area contributed by atoms with E-state index >= 15 is 0 Å². The number of ether oxygens (including phenoxy) is 2. The molecule has 0 saturated carbocycles. The van der Waals surface area contributed by atoms with E-state index in [9.17, 15) is 4.79 Å². The molecule has 2 aromatic carbocycles. The predicted octanol–water partition coefficient (Wildman–Crippen LogP) is 2.89. The van der Waals surface area contributed by atoms with Gasteiger partial charge in [0.05, 0.1) is 7.11 Å². The Morgan fingerprint density at radius 2 is 1.78 bits per heavy atom. The van der Waals surface area contributed by atoms with Crippen LogP contribution in [0.1, 0.15) is 5.56 Å². The molecule has 0 aliphatic rings. The quantitative estimate of drug-likeness (QED) is 0.632. The fourth-order valence-corrected chi connectivity index (χ4v) is 1.78. The first-order chi connectivity index (χ1) is 11.3. The fraction of sp³-hybridized carbons (Fsp3) is 0.111. The second-order valence-electron chi connectivity index (χ2n) is 4.52. The lowest BCUT2D eigenvalue weighted by molar-refractivity contribution is -0.123. The second kappa shape index (κ2) is 9.04. The van der Waals surface area contributed by atoms with Crippen LogP contribution in [0.5, 0.6) is 11.5 Å². The molecular formula is C18H18N2O3. The molecule has 0 aliphatic carbocycles. The molecule has 0 spiro atoms. The average Bonchev–Trinajstić information content (AvgIpc) is 2.60. The number of carbonyl (C=O) groups excluding carboxylic acids is 1. The van der Waals surface area contributed by atoms with Crippen LogP contribution in [0.4, 0.5) is 0 Å². The van der Waals surface area contributed by atoms with Crippen LogP contribution in [0.3, 0.4) is 0 Å². The monoisotopic (exact) mass is 310 g/mol. The molecule has 0 unspecified atom stereocenters. The maximum atomic E-state index is 11.6. The van der Waals surface area contributed by atoms with Crippen molar-refractivity contribution in [3.05, 3.63) is 66.2 Å². The summed E-state index contributed by atoms with van der Waals surface area (Å²) in [6.45, 7) is -0.139. The Balaban J connectivity index is 1.75. The average molecular weight is 310 g/mol. The van der Waals surface area contributed by atoms with Crippen LogP contribution in [0.25, 0.3) is 6.08 Å². The molecule has 0 radical (unpaired) electrons. The normalized spacial score (nSPS) is 10.8. The SMILES string of the molecule is COc1ccccc1OCC(=O)N/N=C\C=C\c1ccccc1. The van der Waals surface area contributed by atoms with Crippen LogP contribution >= 0.6 is 0 Å². The van der Waals surface area contributed by atoms with Gasteiger partial charge in [0.25, 0.3) is 5.91 Å². The topological polar surface area (TPSA) is 59.9 Å². The third-order valence-electron chi connectivity index (χ3n) is 2.87. The number of para-hydroxylation sites is 2. The van der Waals surface area contributed by atoms with Gasteiger partial charge in [0.1, 0.15) is 0 Å². The Kier molecular flexibility index (Phi) is 6.41. The van der Waals surface area contributed by atoms with E-state index < -0.39 is 0 Å². The largest absolute Gasteiger partial charge is 0.493 e. The van der Waals surface area contributed by atoms with Gasteiger partial charge in [-0.25, -0.2) is 5.43 Å². The van der Waals surface area contributed by atoms with E-state index in [0.717, 1.165) is 5.56 Å². The first-order valence-electron chi connectivity index (χ1n) is 7.09. The van der Waals surface area contributed by atoms with Gasteiger partial charge in [-0.2, -0.15) is 5.10 Å². The first-order valence-corrected chi connectivity index (χ1v) is 7.09. The molecule has 5 heteroatoms. The number of carbonyl (C=O) groups is 1. The third kappa shape index (κ3) is 5.67. The van der Waals surface area contributed by atoms with Crippen molar-refractivity contribution in [2.24, 2.45) is 5.10 Å². The summed E-state index contributed by atoms with van der Waals surface area (Å²) in [5.74, 6) is 0.743. The summed E-state index contributed by atoms with van der Waals surface area (Å²) in [7, 11) is 1.55. The van der Waals surface area contributed by atoms with Gasteiger partial charge in [-0.15, -0.1) is 0 Å². The molecule has 0 fully saturated rings. The summed E-state index contributed by atoms with van der Waals surface area (Å²) >= 11 is 0. The van der Waals surface area contributed by atoms with Crippen molar-refractivity contribution in [1.29, 1.82) is 0 Å². The van der Waals surface area contributed by atoms with E-state index in [1.165, 1.54) is 6.21 Å². The summed E-state index contributed by atoms with van der Waals surface area (Å²) < 4.78 is 10.5. The lowest BCUT2D eigenvalue weighted by Crippen LogP contribution is -2.24. The van der Waals surface area contributed by atoms with Gasteiger partial charge < -0.3 is 9.47 Å². The first kappa shape index (κ1) is 16.3. The minimum atomic E-state index is -0.347. The van der Waals surface area contributed by atoms with Gasteiger partial charge in [0.2, 0.25) is 0 Å². The van der Waals surface area contributed by atoms with Crippen LogP contribution < -0.4 is 14.9 Å². The van der Waals surface area contributed by atoms with E-state index in [1.54, 1.807) is 25.3 Å². The molecule has 5 nitrogen and oxygen atoms in total. The maximum Gasteiger partial charge on any atom is 0.277 e. The zero-order chi connectivity index (χ0) is 16.3. The number of nitrogens with zero attached hydrogens (tertiary/aromatic N) is 1. The van der Waals surface area contributed by atoms with Crippen molar-refractivity contribution >= 4 is 18.2 Å². The highest BCUT2D eigenvalue weighted by molar-refractivity contribution is 5.82. The van der Waals surface area contributed by atoms with E-state index in [0.29, 0.717) is 11.5 Å². The number of rotatable bonds is 7. The zero-order valence-corrected chi connectivity index (χ0v) is 12.8. The fourth-order valence-electron chi connectivity index (χ4n) is 1.78. The summed E-state index contributed by atoms with van der Waals surface area (Å²) in [6, 6.07) is 16.9. The number of benzene rings is 2. The molecule has 23 heavy (non-hydrogen) atoms. The lowest BCUT2D eigenvalue weighted by atomic mass is 10.2. The number of nitrogens with one attached hydrogen (secondary N) is 1. The van der Waals surface area contributed by atoms with Crippen LogP contribution in [-0.2, 0) is 4.79 Å². The van der Waals surface area contributed by atoms with Gasteiger partial charge in [0, 0.05) is 6.21 Å². The van der Waals surface area contributed by atoms with Crippen molar-refractivity contribution in [2.45, 2.75) is 0 Å².